The van der Waals surface area contributed by atoms with Gasteiger partial charge < -0.3 is 10.2 Å². The zero-order valence-corrected chi connectivity index (χ0v) is 17.8. The topological polar surface area (TPSA) is 75.9 Å². The highest BCUT2D eigenvalue weighted by Gasteiger charge is 2.20. The van der Waals surface area contributed by atoms with Crippen molar-refractivity contribution < 1.29 is 4.79 Å². The molecule has 4 rings (SSSR count). The maximum Gasteiger partial charge on any atom is 0.224 e. The van der Waals surface area contributed by atoms with Crippen molar-refractivity contribution >= 4 is 46.1 Å². The second-order valence-corrected chi connectivity index (χ2v) is 8.13. The highest BCUT2D eigenvalue weighted by molar-refractivity contribution is 7.98. The van der Waals surface area contributed by atoms with Gasteiger partial charge in [-0.25, -0.2) is 14.6 Å². The molecular formula is C20H23ClN6OS. The number of hydrogen-bond acceptors (Lipinski definition) is 6. The van der Waals surface area contributed by atoms with Gasteiger partial charge in [0.1, 0.15) is 5.82 Å². The molecule has 1 amide bonds. The van der Waals surface area contributed by atoms with E-state index in [0.29, 0.717) is 18.1 Å². The van der Waals surface area contributed by atoms with Crippen LogP contribution in [0.4, 0.5) is 5.82 Å². The second-order valence-electron chi connectivity index (χ2n) is 6.95. The Labute approximate surface area is 178 Å². The number of aromatic nitrogens is 4. The summed E-state index contributed by atoms with van der Waals surface area (Å²) in [4.78, 5) is 23.9. The average Bonchev–Trinajstić information content (AvgIpc) is 3.39. The Kier molecular flexibility index (Phi) is 6.20. The van der Waals surface area contributed by atoms with E-state index < -0.39 is 0 Å². The van der Waals surface area contributed by atoms with Crippen LogP contribution in [-0.4, -0.2) is 51.5 Å². The van der Waals surface area contributed by atoms with Crippen LogP contribution >= 0.6 is 23.4 Å². The number of halogens is 1. The largest absolute Gasteiger partial charge is 0.356 e. The van der Waals surface area contributed by atoms with E-state index in [0.717, 1.165) is 40.7 Å². The third-order valence-electron chi connectivity index (χ3n) is 5.00. The predicted molar refractivity (Wildman–Crippen MR) is 117 cm³/mol. The Morgan fingerprint density at radius 2 is 2.03 bits per heavy atom. The lowest BCUT2D eigenvalue weighted by Crippen LogP contribution is -2.29. The molecule has 3 heterocycles. The van der Waals surface area contributed by atoms with Crippen LogP contribution in [0.3, 0.4) is 0 Å². The molecule has 3 aromatic rings. The van der Waals surface area contributed by atoms with E-state index in [-0.39, 0.29) is 12.3 Å². The molecule has 29 heavy (non-hydrogen) atoms. The molecule has 0 atom stereocenters. The van der Waals surface area contributed by atoms with Crippen LogP contribution in [0.1, 0.15) is 18.4 Å². The van der Waals surface area contributed by atoms with Crippen molar-refractivity contribution in [2.45, 2.75) is 31.0 Å². The number of rotatable bonds is 7. The lowest BCUT2D eigenvalue weighted by molar-refractivity contribution is -0.120. The molecule has 1 aliphatic rings. The first-order chi connectivity index (χ1) is 14.2. The van der Waals surface area contributed by atoms with Gasteiger partial charge in [0.25, 0.3) is 0 Å². The van der Waals surface area contributed by atoms with Gasteiger partial charge in [-0.2, -0.15) is 5.10 Å². The van der Waals surface area contributed by atoms with Crippen molar-refractivity contribution in [1.82, 2.24) is 25.1 Å². The molecule has 0 saturated carbocycles. The van der Waals surface area contributed by atoms with Gasteiger partial charge >= 0.3 is 0 Å². The first-order valence-electron chi connectivity index (χ1n) is 9.68. The summed E-state index contributed by atoms with van der Waals surface area (Å²) < 4.78 is 1.84. The zero-order valence-electron chi connectivity index (χ0n) is 16.3. The van der Waals surface area contributed by atoms with E-state index in [2.05, 4.69) is 20.3 Å². The molecule has 0 aliphatic carbocycles. The Bertz CT molecular complexity index is 1020. The summed E-state index contributed by atoms with van der Waals surface area (Å²) in [6.45, 7) is 3.05. The Balaban J connectivity index is 1.45. The van der Waals surface area contributed by atoms with Gasteiger partial charge in [-0.3, -0.25) is 4.79 Å². The highest BCUT2D eigenvalue weighted by Crippen LogP contribution is 2.28. The lowest BCUT2D eigenvalue weighted by atomic mass is 10.1. The lowest BCUT2D eigenvalue weighted by Gasteiger charge is -2.17. The van der Waals surface area contributed by atoms with Crippen molar-refractivity contribution in [2.24, 2.45) is 0 Å². The van der Waals surface area contributed by atoms with Crippen molar-refractivity contribution in [1.29, 1.82) is 0 Å². The summed E-state index contributed by atoms with van der Waals surface area (Å²) in [7, 11) is 0. The summed E-state index contributed by atoms with van der Waals surface area (Å²) in [5.41, 5.74) is 1.63. The van der Waals surface area contributed by atoms with Crippen molar-refractivity contribution in [3.8, 4) is 0 Å². The fraction of sp³-hybridized carbons (Fsp3) is 0.400. The molecular weight excluding hydrogens is 408 g/mol. The van der Waals surface area contributed by atoms with Gasteiger partial charge in [0.2, 0.25) is 5.91 Å². The van der Waals surface area contributed by atoms with Crippen molar-refractivity contribution in [2.75, 3.05) is 30.8 Å². The Morgan fingerprint density at radius 3 is 2.79 bits per heavy atom. The number of nitrogens with zero attached hydrogens (tertiary/aromatic N) is 5. The summed E-state index contributed by atoms with van der Waals surface area (Å²) in [6, 6.07) is 7.39. The van der Waals surface area contributed by atoms with E-state index in [1.54, 1.807) is 6.07 Å². The number of benzene rings is 1. The number of fused-ring (bicyclic) bond motifs is 1. The fourth-order valence-electron chi connectivity index (χ4n) is 3.52. The molecule has 1 N–H and O–H groups in total. The minimum absolute atomic E-state index is 0.0632. The summed E-state index contributed by atoms with van der Waals surface area (Å²) in [5.74, 6) is 0.901. The molecule has 2 aromatic heterocycles. The van der Waals surface area contributed by atoms with Crippen LogP contribution < -0.4 is 10.2 Å². The normalized spacial score (nSPS) is 13.9. The third-order valence-corrected chi connectivity index (χ3v) is 5.91. The van der Waals surface area contributed by atoms with E-state index in [1.807, 2.05) is 35.3 Å². The van der Waals surface area contributed by atoms with Gasteiger partial charge in [-0.15, -0.1) is 0 Å². The molecule has 1 saturated heterocycles. The molecule has 1 aliphatic heterocycles. The van der Waals surface area contributed by atoms with Crippen molar-refractivity contribution in [3.05, 3.63) is 41.0 Å². The Hall–Kier alpha value is -2.32. The first kappa shape index (κ1) is 20.0. The first-order valence-corrected chi connectivity index (χ1v) is 11.3. The number of carbonyl (C=O) groups excluding carboxylic acids is 1. The van der Waals surface area contributed by atoms with Crippen LogP contribution in [0.2, 0.25) is 5.02 Å². The van der Waals surface area contributed by atoms with Crippen LogP contribution in [0, 0.1) is 0 Å². The molecule has 0 spiro atoms. The molecule has 1 fully saturated rings. The summed E-state index contributed by atoms with van der Waals surface area (Å²) in [5, 5.41) is 9.76. The smallest absolute Gasteiger partial charge is 0.224 e. The molecule has 152 valence electrons. The molecule has 1 aromatic carbocycles. The van der Waals surface area contributed by atoms with Crippen LogP contribution in [0.15, 0.2) is 35.6 Å². The molecule has 0 unspecified atom stereocenters. The average molecular weight is 431 g/mol. The minimum Gasteiger partial charge on any atom is -0.356 e. The van der Waals surface area contributed by atoms with Crippen LogP contribution in [0.5, 0.6) is 0 Å². The van der Waals surface area contributed by atoms with Gasteiger partial charge in [-0.1, -0.05) is 41.6 Å². The minimum atomic E-state index is -0.0632. The van der Waals surface area contributed by atoms with Gasteiger partial charge in [0, 0.05) is 24.7 Å². The molecule has 0 bridgehead atoms. The standard InChI is InChI=1S/C20H23ClN6OS/c1-29-20-24-18(26-9-4-5-10-26)15-13-23-27(19(15)25-20)11-8-22-17(28)12-14-6-2-3-7-16(14)21/h2-3,6-7,13H,4-5,8-12H2,1H3,(H,22,28). The fourth-order valence-corrected chi connectivity index (χ4v) is 4.08. The monoisotopic (exact) mass is 430 g/mol. The van der Waals surface area contributed by atoms with Gasteiger partial charge in [0.15, 0.2) is 10.8 Å². The number of hydrogen-bond donors (Lipinski definition) is 1. The number of thioether (sulfide) groups is 1. The quantitative estimate of drug-likeness (QED) is 0.458. The van der Waals surface area contributed by atoms with E-state index in [9.17, 15) is 4.79 Å². The second kappa shape index (κ2) is 9.00. The predicted octanol–water partition coefficient (Wildman–Crippen LogP) is 3.16. The number of carbonyl (C=O) groups is 1. The zero-order chi connectivity index (χ0) is 20.2. The van der Waals surface area contributed by atoms with Crippen LogP contribution in [0.25, 0.3) is 11.0 Å². The van der Waals surface area contributed by atoms with Crippen molar-refractivity contribution in [3.63, 3.8) is 0 Å². The maximum atomic E-state index is 12.3. The van der Waals surface area contributed by atoms with Gasteiger partial charge in [0.05, 0.1) is 24.5 Å². The molecule has 0 radical (unpaired) electrons. The van der Waals surface area contributed by atoms with E-state index in [4.69, 9.17) is 16.6 Å². The number of anilines is 1. The maximum absolute atomic E-state index is 12.3. The van der Waals surface area contributed by atoms with Gasteiger partial charge in [-0.05, 0) is 30.7 Å². The number of nitrogens with one attached hydrogen (secondary N) is 1. The molecule has 7 nitrogen and oxygen atoms in total. The highest BCUT2D eigenvalue weighted by atomic mass is 35.5. The van der Waals surface area contributed by atoms with E-state index >= 15 is 0 Å². The SMILES string of the molecule is CSc1nc(N2CCCC2)c2cnn(CCNC(=O)Cc3ccccc3Cl)c2n1. The molecule has 9 heteroatoms. The number of amides is 1. The van der Waals surface area contributed by atoms with Crippen LogP contribution in [-0.2, 0) is 17.8 Å². The third kappa shape index (κ3) is 4.48. The summed E-state index contributed by atoms with van der Waals surface area (Å²) in [6.07, 6.45) is 6.44. The van der Waals surface area contributed by atoms with E-state index in [1.165, 1.54) is 24.6 Å². The Morgan fingerprint density at radius 1 is 1.24 bits per heavy atom. The summed E-state index contributed by atoms with van der Waals surface area (Å²) >= 11 is 7.66.